The third-order valence-corrected chi connectivity index (χ3v) is 10.5. The van der Waals surface area contributed by atoms with Crippen molar-refractivity contribution in [2.75, 3.05) is 10.5 Å². The van der Waals surface area contributed by atoms with Gasteiger partial charge in [-0.25, -0.2) is 22.2 Å². The lowest BCUT2D eigenvalue weighted by Gasteiger charge is -2.29. The molecule has 2 aliphatic heterocycles. The highest BCUT2D eigenvalue weighted by molar-refractivity contribution is 7.92. The van der Waals surface area contributed by atoms with Crippen molar-refractivity contribution in [1.29, 1.82) is 0 Å². The topological polar surface area (TPSA) is 158 Å². The molecule has 1 radical (unpaired) electrons. The van der Waals surface area contributed by atoms with Crippen molar-refractivity contribution in [3.63, 3.8) is 0 Å². The first-order valence-electron chi connectivity index (χ1n) is 16.2. The number of fused-ring (bicyclic) bond motifs is 2. The third-order valence-electron chi connectivity index (χ3n) is 8.98. The molecular weight excluding hydrogens is 679 g/mol. The molecule has 51 heavy (non-hydrogen) atoms. The highest BCUT2D eigenvalue weighted by atomic mass is 32.2. The van der Waals surface area contributed by atoms with Crippen LogP contribution in [0.1, 0.15) is 58.0 Å². The monoisotopic (exact) mass is 708 g/mol. The number of ketones is 1. The average Bonchev–Trinajstić information content (AvgIpc) is 3.67. The van der Waals surface area contributed by atoms with Gasteiger partial charge in [0.1, 0.15) is 17.5 Å². The molecule has 7 rings (SSSR count). The summed E-state index contributed by atoms with van der Waals surface area (Å²) in [7, 11) is -2.05. The number of H-pyrrole nitrogens is 1. The van der Waals surface area contributed by atoms with Gasteiger partial charge in [-0.15, -0.1) is 0 Å². The van der Waals surface area contributed by atoms with Gasteiger partial charge in [0.05, 0.1) is 17.0 Å². The first-order chi connectivity index (χ1) is 24.4. The molecule has 0 bridgehead atoms. The Hall–Kier alpha value is -5.70. The molecule has 1 atom stereocenters. The van der Waals surface area contributed by atoms with E-state index in [1.54, 1.807) is 19.2 Å². The Labute approximate surface area is 291 Å². The minimum Gasteiger partial charge on any atom is -0.345 e. The van der Waals surface area contributed by atoms with Crippen LogP contribution in [0.3, 0.4) is 0 Å². The van der Waals surface area contributed by atoms with Gasteiger partial charge < -0.3 is 9.88 Å². The van der Waals surface area contributed by atoms with E-state index in [4.69, 9.17) is 0 Å². The Balaban J connectivity index is 1.12. The number of carbonyl (C=O) groups excluding carboxylic acids is 4. The summed E-state index contributed by atoms with van der Waals surface area (Å²) < 4.78 is 56.9. The first-order valence-corrected chi connectivity index (χ1v) is 17.8. The fourth-order valence-electron chi connectivity index (χ4n) is 6.52. The molecule has 5 aromatic rings. The summed E-state index contributed by atoms with van der Waals surface area (Å²) in [5.41, 5.74) is 2.92. The summed E-state index contributed by atoms with van der Waals surface area (Å²) in [5, 5.41) is 2.62. The van der Waals surface area contributed by atoms with E-state index in [9.17, 15) is 32.0 Å². The number of imide groups is 1. The van der Waals surface area contributed by atoms with Crippen molar-refractivity contribution in [2.24, 2.45) is 0 Å². The molecule has 0 spiro atoms. The van der Waals surface area contributed by atoms with Gasteiger partial charge in [-0.05, 0) is 42.2 Å². The summed E-state index contributed by atoms with van der Waals surface area (Å²) in [6, 6.07) is 15.6. The summed E-state index contributed by atoms with van der Waals surface area (Å²) in [6.45, 7) is 1.91. The Morgan fingerprint density at radius 2 is 1.84 bits per heavy atom. The Morgan fingerprint density at radius 3 is 2.59 bits per heavy atom. The molecule has 3 N–H and O–H groups in total. The normalized spacial score (nSPS) is 15.9. The van der Waals surface area contributed by atoms with Crippen molar-refractivity contribution < 1.29 is 36.4 Å². The lowest BCUT2D eigenvalue weighted by atomic mass is 9.62. The fourth-order valence-corrected chi connectivity index (χ4v) is 7.66. The van der Waals surface area contributed by atoms with Gasteiger partial charge in [0.25, 0.3) is 5.91 Å². The number of nitrogens with zero attached hydrogens (tertiary/aromatic N) is 2. The van der Waals surface area contributed by atoms with Crippen molar-refractivity contribution in [3.8, 4) is 11.1 Å². The SMILES string of the molecule is CCCS(=O)(=O)Nc1ccc(F)c(C(=O)c2c[nH]c3ncc(-c4ccc([B]c5cccc6c5C(=O)N(C5CCC(=O)NC5=O)C6)cc4)cc23)c1F. The lowest BCUT2D eigenvalue weighted by molar-refractivity contribution is -0.136. The minimum absolute atomic E-state index is 0.0513. The van der Waals surface area contributed by atoms with Crippen LogP contribution in [-0.4, -0.2) is 65.9 Å². The number of carbonyl (C=O) groups is 4. The van der Waals surface area contributed by atoms with E-state index in [-0.39, 0.29) is 48.9 Å². The number of hydrogen-bond donors (Lipinski definition) is 3. The van der Waals surface area contributed by atoms with E-state index in [2.05, 4.69) is 20.0 Å². The van der Waals surface area contributed by atoms with Gasteiger partial charge in [0.2, 0.25) is 27.6 Å². The van der Waals surface area contributed by atoms with Crippen LogP contribution in [-0.2, 0) is 26.2 Å². The molecule has 1 fully saturated rings. The van der Waals surface area contributed by atoms with Gasteiger partial charge in [-0.1, -0.05) is 60.3 Å². The van der Waals surface area contributed by atoms with Gasteiger partial charge in [-0.3, -0.25) is 29.2 Å². The van der Waals surface area contributed by atoms with Crippen molar-refractivity contribution in [2.45, 2.75) is 38.8 Å². The number of aromatic amines is 1. The minimum atomic E-state index is -3.91. The van der Waals surface area contributed by atoms with Crippen molar-refractivity contribution >= 4 is 68.5 Å². The highest BCUT2D eigenvalue weighted by Gasteiger charge is 2.40. The second-order valence-electron chi connectivity index (χ2n) is 12.4. The number of aromatic nitrogens is 2. The van der Waals surface area contributed by atoms with Crippen LogP contribution >= 0.6 is 0 Å². The molecule has 1 saturated heterocycles. The molecule has 11 nitrogen and oxygen atoms in total. The Bertz CT molecular complexity index is 2380. The highest BCUT2D eigenvalue weighted by Crippen LogP contribution is 2.30. The first kappa shape index (κ1) is 33.8. The zero-order valence-electron chi connectivity index (χ0n) is 27.1. The summed E-state index contributed by atoms with van der Waals surface area (Å²) in [5.74, 6) is -4.82. The largest absolute Gasteiger partial charge is 0.345 e. The number of benzene rings is 3. The van der Waals surface area contributed by atoms with Crippen LogP contribution in [0.4, 0.5) is 14.5 Å². The number of halogens is 2. The summed E-state index contributed by atoms with van der Waals surface area (Å²) in [4.78, 5) is 59.9. The van der Waals surface area contributed by atoms with Crippen LogP contribution in [0.25, 0.3) is 22.2 Å². The van der Waals surface area contributed by atoms with E-state index in [1.807, 2.05) is 49.7 Å². The molecular formula is C36H29BF2N5O6S. The van der Waals surface area contributed by atoms with Crippen LogP contribution in [0, 0.1) is 11.6 Å². The van der Waals surface area contributed by atoms with Crippen molar-refractivity contribution in [3.05, 3.63) is 107 Å². The molecule has 0 saturated carbocycles. The molecule has 15 heteroatoms. The zero-order chi connectivity index (χ0) is 36.0. The van der Waals surface area contributed by atoms with Crippen LogP contribution < -0.4 is 21.0 Å². The molecule has 2 aliphatic rings. The summed E-state index contributed by atoms with van der Waals surface area (Å²) >= 11 is 0. The molecule has 4 heterocycles. The molecule has 1 unspecified atom stereocenters. The number of amides is 3. The number of piperidine rings is 1. The molecule has 257 valence electrons. The van der Waals surface area contributed by atoms with E-state index in [1.165, 1.54) is 11.1 Å². The predicted octanol–water partition coefficient (Wildman–Crippen LogP) is 3.31. The second kappa shape index (κ2) is 13.2. The zero-order valence-corrected chi connectivity index (χ0v) is 27.9. The Morgan fingerprint density at radius 1 is 1.06 bits per heavy atom. The van der Waals surface area contributed by atoms with Gasteiger partial charge in [-0.2, -0.15) is 0 Å². The standard InChI is InChI=1S/C36H29BF2N5O6S/c1-2-14-51(49,50)43-27-11-10-26(38)31(32(27)39)33(46)24-17-41-34-23(24)15-21(16-40-34)19-6-8-22(9-7-19)37-25-5-3-4-20-18-44(36(48)30(20)25)28-12-13-29(45)42-35(28)47/h3-11,15-17,28,43H,2,12-14,18H2,1H3,(H,40,41)(H,42,45,47). The predicted molar refractivity (Wildman–Crippen MR) is 187 cm³/mol. The molecule has 3 amide bonds. The fraction of sp³-hybridized carbons (Fsp3) is 0.194. The smallest absolute Gasteiger partial charge is 0.254 e. The number of anilines is 1. The lowest BCUT2D eigenvalue weighted by Crippen LogP contribution is -2.52. The maximum absolute atomic E-state index is 15.4. The van der Waals surface area contributed by atoms with Crippen LogP contribution in [0.5, 0.6) is 0 Å². The number of pyridine rings is 1. The summed E-state index contributed by atoms with van der Waals surface area (Å²) in [6.07, 6.45) is 3.60. The van der Waals surface area contributed by atoms with E-state index in [0.29, 0.717) is 27.6 Å². The number of sulfonamides is 1. The van der Waals surface area contributed by atoms with E-state index in [0.717, 1.165) is 28.7 Å². The maximum Gasteiger partial charge on any atom is 0.254 e. The molecule has 3 aromatic carbocycles. The van der Waals surface area contributed by atoms with Crippen LogP contribution in [0.15, 0.2) is 73.1 Å². The van der Waals surface area contributed by atoms with Crippen molar-refractivity contribution in [1.82, 2.24) is 20.2 Å². The average molecular weight is 709 g/mol. The number of hydrogen-bond acceptors (Lipinski definition) is 7. The quantitative estimate of drug-likeness (QED) is 0.114. The maximum atomic E-state index is 15.4. The third kappa shape index (κ3) is 6.40. The number of nitrogens with one attached hydrogen (secondary N) is 3. The Kier molecular flexibility index (Phi) is 8.75. The van der Waals surface area contributed by atoms with Crippen LogP contribution in [0.2, 0.25) is 0 Å². The number of rotatable bonds is 10. The van der Waals surface area contributed by atoms with Gasteiger partial charge in [0.15, 0.2) is 13.1 Å². The van der Waals surface area contributed by atoms with Gasteiger partial charge in [0, 0.05) is 47.4 Å². The second-order valence-corrected chi connectivity index (χ2v) is 14.2. The molecule has 2 aromatic heterocycles. The van der Waals surface area contributed by atoms with Gasteiger partial charge >= 0.3 is 0 Å². The molecule has 0 aliphatic carbocycles. The van der Waals surface area contributed by atoms with E-state index < -0.39 is 50.6 Å². The van der Waals surface area contributed by atoms with E-state index >= 15 is 4.39 Å².